The number of hydrogen-bond acceptors (Lipinski definition) is 10. The lowest BCUT2D eigenvalue weighted by Crippen LogP contribution is -3.00. The van der Waals surface area contributed by atoms with Gasteiger partial charge in [-0.3, -0.25) is 4.79 Å². The fourth-order valence-corrected chi connectivity index (χ4v) is 8.47. The maximum Gasteiger partial charge on any atom is 0.373 e. The molecule has 3 N–H and O–H groups in total. The quantitative estimate of drug-likeness (QED) is 0.152. The number of esters is 3. The molecule has 3 heterocycles. The third kappa shape index (κ3) is 6.66. The van der Waals surface area contributed by atoms with Crippen LogP contribution in [0, 0.1) is 29.6 Å². The van der Waals surface area contributed by atoms with Crippen molar-refractivity contribution in [1.82, 2.24) is 0 Å². The lowest BCUT2D eigenvalue weighted by atomic mass is 9.57. The van der Waals surface area contributed by atoms with Crippen LogP contribution in [0.4, 0.5) is 0 Å². The molecule has 1 aromatic heterocycles. The highest BCUT2D eigenvalue weighted by Crippen LogP contribution is 2.61. The summed E-state index contributed by atoms with van der Waals surface area (Å²) < 4.78 is 32.2. The molecule has 2 fully saturated rings. The van der Waals surface area contributed by atoms with Crippen LogP contribution in [0.2, 0.25) is 0 Å². The molecule has 1 unspecified atom stereocenters. The van der Waals surface area contributed by atoms with Crippen molar-refractivity contribution in [3.05, 3.63) is 77.7 Å². The van der Waals surface area contributed by atoms with E-state index in [-0.39, 0.29) is 43.1 Å². The number of cyclic esters (lactones) is 1. The van der Waals surface area contributed by atoms with Crippen LogP contribution in [-0.4, -0.2) is 78.3 Å². The van der Waals surface area contributed by atoms with Crippen molar-refractivity contribution < 1.29 is 64.9 Å². The molecule has 4 bridgehead atoms. The number of rotatable bonds is 8. The van der Waals surface area contributed by atoms with Crippen LogP contribution in [0.5, 0.6) is 0 Å². The fourth-order valence-electron chi connectivity index (χ4n) is 8.47. The molecule has 0 radical (unpaired) electrons. The summed E-state index contributed by atoms with van der Waals surface area (Å²) in [4.78, 5) is 51.2. The Hall–Kier alpha value is -3.84. The zero-order valence-electron chi connectivity index (χ0n) is 28.8. The molecule has 1 saturated heterocycles. The van der Waals surface area contributed by atoms with Gasteiger partial charge in [0.05, 0.1) is 11.7 Å². The summed E-state index contributed by atoms with van der Waals surface area (Å²) in [6, 6.07) is 3.02. The van der Waals surface area contributed by atoms with E-state index in [2.05, 4.69) is 0 Å². The second-order valence-corrected chi connectivity index (χ2v) is 13.9. The van der Waals surface area contributed by atoms with Crippen molar-refractivity contribution >= 4 is 23.8 Å². The Kier molecular flexibility index (Phi) is 11.1. The average molecular weight is 713 g/mol. The maximum atomic E-state index is 13.7. The first kappa shape index (κ1) is 37.4. The van der Waals surface area contributed by atoms with E-state index in [1.54, 1.807) is 30.0 Å². The van der Waals surface area contributed by atoms with Crippen molar-refractivity contribution in [2.75, 3.05) is 7.11 Å². The number of nitrogens with two attached hydrogens (primary N) is 1. The first-order chi connectivity index (χ1) is 23.3. The molecule has 5 aliphatic rings. The molecule has 50 heavy (non-hydrogen) atoms. The highest BCUT2D eigenvalue weighted by Gasteiger charge is 2.69. The van der Waals surface area contributed by atoms with Crippen LogP contribution in [-0.2, 0) is 44.6 Å². The molecule has 1 spiro atoms. The number of aliphatic hydroxyl groups excluding tert-OH is 1. The Balaban J connectivity index is 0.00000486. The number of halogens is 1. The van der Waals surface area contributed by atoms with Crippen molar-refractivity contribution in [2.45, 2.75) is 89.3 Å². The van der Waals surface area contributed by atoms with Gasteiger partial charge in [0.25, 0.3) is 0 Å². The van der Waals surface area contributed by atoms with Crippen LogP contribution in [0.1, 0.15) is 50.9 Å². The summed E-state index contributed by atoms with van der Waals surface area (Å²) >= 11 is 0. The molecule has 12 nitrogen and oxygen atoms in total. The number of nitrogens with zero attached hydrogens (tertiary/aromatic N) is 1. The van der Waals surface area contributed by atoms with Gasteiger partial charge >= 0.3 is 17.9 Å². The molecule has 1 aromatic rings. The normalized spacial score (nSPS) is 37.2. The number of methoxy groups -OCH3 is 1. The van der Waals surface area contributed by atoms with Crippen molar-refractivity contribution in [3.63, 3.8) is 0 Å². The third-order valence-corrected chi connectivity index (χ3v) is 10.9. The Morgan fingerprint density at radius 2 is 1.90 bits per heavy atom. The van der Waals surface area contributed by atoms with Gasteiger partial charge in [0, 0.05) is 54.4 Å². The van der Waals surface area contributed by atoms with Gasteiger partial charge in [0.15, 0.2) is 18.5 Å². The third-order valence-electron chi connectivity index (χ3n) is 10.9. The van der Waals surface area contributed by atoms with Gasteiger partial charge in [-0.2, -0.15) is 4.57 Å². The molecular weight excluding hydrogens is 668 g/mol. The molecule has 13 heteroatoms. The molecule has 3 aliphatic carbocycles. The smallest absolute Gasteiger partial charge is 0.373 e. The molecule has 1 saturated carbocycles. The highest BCUT2D eigenvalue weighted by atomic mass is 35.5. The number of primary amides is 1. The van der Waals surface area contributed by atoms with Crippen molar-refractivity contribution in [2.24, 2.45) is 35.3 Å². The van der Waals surface area contributed by atoms with E-state index in [0.29, 0.717) is 17.6 Å². The van der Waals surface area contributed by atoms with E-state index in [4.69, 9.17) is 29.4 Å². The summed E-state index contributed by atoms with van der Waals surface area (Å²) in [6.07, 6.45) is 10.6. The molecule has 0 aromatic carbocycles. The van der Waals surface area contributed by atoms with E-state index in [0.717, 1.165) is 5.57 Å². The summed E-state index contributed by atoms with van der Waals surface area (Å²) in [5.41, 5.74) is 6.00. The minimum atomic E-state index is -1.02. The number of pyridine rings is 1. The van der Waals surface area contributed by atoms with Crippen LogP contribution in [0.15, 0.2) is 72.1 Å². The monoisotopic (exact) mass is 712 g/mol. The summed E-state index contributed by atoms with van der Waals surface area (Å²) in [5, 5.41) is 11.9. The van der Waals surface area contributed by atoms with Crippen LogP contribution >= 0.6 is 0 Å². The number of aromatic nitrogens is 1. The molecule has 12 atom stereocenters. The summed E-state index contributed by atoms with van der Waals surface area (Å²) in [7, 11) is 1.44. The van der Waals surface area contributed by atoms with Gasteiger partial charge in [-0.25, -0.2) is 14.4 Å². The lowest BCUT2D eigenvalue weighted by Gasteiger charge is -2.49. The number of ether oxygens (including phenoxy) is 5. The van der Waals surface area contributed by atoms with E-state index < -0.39 is 77.9 Å². The fraction of sp³-hybridized carbons (Fsp3) is 0.541. The number of carbonyl (C=O) groups is 4. The predicted molar refractivity (Wildman–Crippen MR) is 173 cm³/mol. The number of aliphatic hydroxyl groups is 1. The maximum absolute atomic E-state index is 13.7. The van der Waals surface area contributed by atoms with Crippen molar-refractivity contribution in [1.29, 1.82) is 0 Å². The first-order valence-electron chi connectivity index (χ1n) is 16.9. The largest absolute Gasteiger partial charge is 1.00 e. The second kappa shape index (κ2) is 14.8. The summed E-state index contributed by atoms with van der Waals surface area (Å²) in [6.45, 7) is 7.25. The van der Waals surface area contributed by atoms with Gasteiger partial charge in [0.2, 0.25) is 12.5 Å². The van der Waals surface area contributed by atoms with Crippen LogP contribution in [0.25, 0.3) is 0 Å². The highest BCUT2D eigenvalue weighted by molar-refractivity contribution is 5.92. The van der Waals surface area contributed by atoms with Gasteiger partial charge in [-0.15, -0.1) is 0 Å². The minimum Gasteiger partial charge on any atom is -1.00 e. The number of allylic oxidation sites excluding steroid dienone is 3. The zero-order valence-corrected chi connectivity index (χ0v) is 29.5. The molecule has 270 valence electrons. The topological polar surface area (TPSA) is 165 Å². The predicted octanol–water partition coefficient (Wildman–Crippen LogP) is -0.714. The van der Waals surface area contributed by atoms with E-state index in [9.17, 15) is 24.3 Å². The Bertz CT molecular complexity index is 1620. The van der Waals surface area contributed by atoms with Crippen LogP contribution in [0.3, 0.4) is 0 Å². The molecule has 6 rings (SSSR count). The van der Waals surface area contributed by atoms with E-state index in [1.807, 2.05) is 51.2 Å². The summed E-state index contributed by atoms with van der Waals surface area (Å²) in [5.74, 6) is -3.97. The van der Waals surface area contributed by atoms with E-state index in [1.165, 1.54) is 19.2 Å². The van der Waals surface area contributed by atoms with Gasteiger partial charge in [0.1, 0.15) is 30.0 Å². The van der Waals surface area contributed by atoms with Crippen LogP contribution < -0.4 is 22.7 Å². The minimum absolute atomic E-state index is 0. The lowest BCUT2D eigenvalue weighted by molar-refractivity contribution is -0.686. The number of carbonyl (C=O) groups excluding carboxylic acids is 4. The molecule has 1 amide bonds. The second-order valence-electron chi connectivity index (χ2n) is 13.9. The number of hydrogen-bond donors (Lipinski definition) is 2. The average Bonchev–Trinajstić information content (AvgIpc) is 3.67. The molecule has 2 aliphatic heterocycles. The van der Waals surface area contributed by atoms with Gasteiger partial charge < -0.3 is 46.9 Å². The van der Waals surface area contributed by atoms with E-state index >= 15 is 0 Å². The van der Waals surface area contributed by atoms with Gasteiger partial charge in [-0.05, 0) is 32.3 Å². The number of amides is 1. The Labute approximate surface area is 297 Å². The van der Waals surface area contributed by atoms with Crippen molar-refractivity contribution in [3.8, 4) is 0 Å². The molecular formula is C37H45ClN2O10. The zero-order chi connectivity index (χ0) is 35.2. The SMILES string of the molecule is CO[C@H]1CC2C=C[C@H]3[C@H]4O[C@]2(/C(C)=C/[C@@H](C)[C@@H]([C@@H](C)OC(=O)C[n+]2ccc(C(N)=O)cc2)OC1=O)[C@@H]3[C@H](O)[C@@H](C)[C@H]4OC(=O)C1=CC=CC1.[Cl-]. The first-order valence-corrected chi connectivity index (χ1v) is 16.9. The Morgan fingerprint density at radius 3 is 2.54 bits per heavy atom. The standard InChI is InChI=1S/C37H44N2O10.ClH/c1-19-16-20(2)37-25(10-11-26-29(37)30(41)21(3)32(33(26)49-37)48-35(43)24-8-6-7-9-24)17-27(45-5)36(44)47-31(19)22(4)46-28(40)18-39-14-12-23(13-15-39)34(38)42;/h6-8,10-16,19,21-22,25-27,29-33,41H,9,17-18H2,1-5H3,(H-,38,42);1H/b20-16+;/t19-,21-,22-,25?,26-,27+,29+,30-,31+,32-,33-,37+;/m1./s1. The Morgan fingerprint density at radius 1 is 1.18 bits per heavy atom. The van der Waals surface area contributed by atoms with Gasteiger partial charge in [-0.1, -0.05) is 50.3 Å².